The third-order valence-corrected chi connectivity index (χ3v) is 8.38. The number of hydrogen-bond donors (Lipinski definition) is 1. The van der Waals surface area contributed by atoms with Crippen LogP contribution in [0.15, 0.2) is 23.1 Å². The van der Waals surface area contributed by atoms with Crippen LogP contribution < -0.4 is 10.9 Å². The molecule has 4 aliphatic rings. The summed E-state index contributed by atoms with van der Waals surface area (Å²) in [5.41, 5.74) is 0.904. The zero-order valence-corrected chi connectivity index (χ0v) is 17.6. The lowest BCUT2D eigenvalue weighted by molar-refractivity contribution is -0.126. The summed E-state index contributed by atoms with van der Waals surface area (Å²) in [6.45, 7) is 4.65. The van der Waals surface area contributed by atoms with Gasteiger partial charge in [0.05, 0.1) is 5.56 Å². The van der Waals surface area contributed by atoms with Crippen LogP contribution in [0, 0.1) is 23.2 Å². The number of carbonyl (C=O) groups is 2. The maximum Gasteiger partial charge on any atom is 0.255 e. The van der Waals surface area contributed by atoms with E-state index in [0.717, 1.165) is 50.4 Å². The molecule has 2 aliphatic carbocycles. The molecule has 6 nitrogen and oxygen atoms in total. The first kappa shape index (κ1) is 18.9. The van der Waals surface area contributed by atoms with Crippen LogP contribution in [0.4, 0.5) is 0 Å². The SMILES string of the molecule is Cn1cc(C(=O)N2[C@@H]3CC[C@H]2CC(NC(=O)C2C[C@@H]4[C@H](C2)C4(C)C)C3)ccc1=O. The molecule has 6 atom stereocenters. The molecule has 2 bridgehead atoms. The zero-order valence-electron chi connectivity index (χ0n) is 17.6. The highest BCUT2D eigenvalue weighted by Crippen LogP contribution is 2.68. The predicted octanol–water partition coefficient (Wildman–Crippen LogP) is 2.32. The van der Waals surface area contributed by atoms with Gasteiger partial charge >= 0.3 is 0 Å². The second-order valence-corrected chi connectivity index (χ2v) is 10.3. The van der Waals surface area contributed by atoms with Gasteiger partial charge in [-0.2, -0.15) is 0 Å². The summed E-state index contributed by atoms with van der Waals surface area (Å²) in [6.07, 6.45) is 7.38. The van der Waals surface area contributed by atoms with Crippen molar-refractivity contribution in [3.8, 4) is 0 Å². The summed E-state index contributed by atoms with van der Waals surface area (Å²) in [7, 11) is 1.67. The van der Waals surface area contributed by atoms with Crippen molar-refractivity contribution in [2.24, 2.45) is 30.2 Å². The molecule has 0 radical (unpaired) electrons. The van der Waals surface area contributed by atoms with Crippen molar-refractivity contribution < 1.29 is 9.59 Å². The van der Waals surface area contributed by atoms with Gasteiger partial charge in [0.15, 0.2) is 0 Å². The molecule has 2 aliphatic heterocycles. The van der Waals surface area contributed by atoms with Gasteiger partial charge in [0.2, 0.25) is 11.5 Å². The van der Waals surface area contributed by atoms with Gasteiger partial charge in [0, 0.05) is 43.4 Å². The number of nitrogens with zero attached hydrogens (tertiary/aromatic N) is 2. The van der Waals surface area contributed by atoms with Crippen molar-refractivity contribution in [2.45, 2.75) is 70.5 Å². The Balaban J connectivity index is 1.21. The van der Waals surface area contributed by atoms with Gasteiger partial charge in [-0.25, -0.2) is 0 Å². The molecule has 2 saturated carbocycles. The van der Waals surface area contributed by atoms with Gasteiger partial charge in [-0.3, -0.25) is 14.4 Å². The number of pyridine rings is 1. The van der Waals surface area contributed by atoms with E-state index in [1.165, 1.54) is 10.6 Å². The highest BCUT2D eigenvalue weighted by molar-refractivity contribution is 5.94. The molecular weight excluding hydrogens is 366 g/mol. The highest BCUT2D eigenvalue weighted by Gasteiger charge is 2.63. The Bertz CT molecular complexity index is 892. The number of piperidine rings is 1. The Morgan fingerprint density at radius 1 is 1.03 bits per heavy atom. The van der Waals surface area contributed by atoms with Gasteiger partial charge < -0.3 is 14.8 Å². The molecule has 2 unspecified atom stereocenters. The normalized spacial score (nSPS) is 36.6. The number of aromatic nitrogens is 1. The van der Waals surface area contributed by atoms with Crippen molar-refractivity contribution in [3.05, 3.63) is 34.2 Å². The van der Waals surface area contributed by atoms with Crippen molar-refractivity contribution in [1.82, 2.24) is 14.8 Å². The largest absolute Gasteiger partial charge is 0.353 e. The molecule has 3 heterocycles. The molecule has 2 saturated heterocycles. The molecule has 6 heteroatoms. The standard InChI is InChI=1S/C23H31N3O3/c1-23(2)18-8-14(9-19(18)23)21(28)24-15-10-16-5-6-17(11-15)26(16)22(29)13-4-7-20(27)25(3)12-13/h4,7,12,14-19H,5-6,8-11H2,1-3H3,(H,24,28)/t14?,15?,16-,17+,18-,19+. The summed E-state index contributed by atoms with van der Waals surface area (Å²) in [5.74, 6) is 1.89. The van der Waals surface area contributed by atoms with E-state index in [2.05, 4.69) is 19.2 Å². The van der Waals surface area contributed by atoms with Crippen LogP contribution in [-0.4, -0.2) is 39.4 Å². The van der Waals surface area contributed by atoms with E-state index in [9.17, 15) is 14.4 Å². The lowest BCUT2D eigenvalue weighted by Gasteiger charge is -2.39. The molecule has 1 aromatic heterocycles. The van der Waals surface area contributed by atoms with Crippen LogP contribution in [0.3, 0.4) is 0 Å². The van der Waals surface area contributed by atoms with E-state index in [-0.39, 0.29) is 41.4 Å². The summed E-state index contributed by atoms with van der Waals surface area (Å²) in [6, 6.07) is 3.62. The molecule has 4 fully saturated rings. The number of aryl methyl sites for hydroxylation is 1. The Morgan fingerprint density at radius 2 is 1.66 bits per heavy atom. The summed E-state index contributed by atoms with van der Waals surface area (Å²) in [4.78, 5) is 39.5. The number of fused-ring (bicyclic) bond motifs is 3. The van der Waals surface area contributed by atoms with Crippen LogP contribution in [0.1, 0.15) is 62.7 Å². The average molecular weight is 398 g/mol. The molecule has 1 aromatic rings. The minimum Gasteiger partial charge on any atom is -0.353 e. The number of hydrogen-bond acceptors (Lipinski definition) is 3. The van der Waals surface area contributed by atoms with Crippen molar-refractivity contribution >= 4 is 11.8 Å². The first-order chi connectivity index (χ1) is 13.8. The fraction of sp³-hybridized carbons (Fsp3) is 0.696. The lowest BCUT2D eigenvalue weighted by Crippen LogP contribution is -2.53. The van der Waals surface area contributed by atoms with Gasteiger partial charge in [-0.05, 0) is 61.8 Å². The second kappa shape index (κ2) is 6.44. The van der Waals surface area contributed by atoms with Crippen LogP contribution in [-0.2, 0) is 11.8 Å². The topological polar surface area (TPSA) is 71.4 Å². The minimum absolute atomic E-state index is 0.0102. The number of carbonyl (C=O) groups excluding carboxylic acids is 2. The monoisotopic (exact) mass is 397 g/mol. The molecule has 29 heavy (non-hydrogen) atoms. The number of nitrogens with one attached hydrogen (secondary N) is 1. The van der Waals surface area contributed by atoms with Gasteiger partial charge in [0.1, 0.15) is 0 Å². The molecule has 1 N–H and O–H groups in total. The first-order valence-electron chi connectivity index (χ1n) is 11.1. The number of rotatable bonds is 3. The quantitative estimate of drug-likeness (QED) is 0.851. The van der Waals surface area contributed by atoms with E-state index >= 15 is 0 Å². The zero-order chi connectivity index (χ0) is 20.5. The molecule has 2 amide bonds. The van der Waals surface area contributed by atoms with E-state index in [4.69, 9.17) is 0 Å². The summed E-state index contributed by atoms with van der Waals surface area (Å²) in [5, 5.41) is 3.32. The smallest absolute Gasteiger partial charge is 0.255 e. The van der Waals surface area contributed by atoms with Crippen LogP contribution in [0.2, 0.25) is 0 Å². The third-order valence-electron chi connectivity index (χ3n) is 8.38. The van der Waals surface area contributed by atoms with Gasteiger partial charge in [-0.15, -0.1) is 0 Å². The van der Waals surface area contributed by atoms with E-state index in [0.29, 0.717) is 11.0 Å². The van der Waals surface area contributed by atoms with Crippen molar-refractivity contribution in [2.75, 3.05) is 0 Å². The predicted molar refractivity (Wildman–Crippen MR) is 109 cm³/mol. The Morgan fingerprint density at radius 3 is 2.24 bits per heavy atom. The highest BCUT2D eigenvalue weighted by atomic mass is 16.2. The molecule has 0 aromatic carbocycles. The first-order valence-corrected chi connectivity index (χ1v) is 11.1. The van der Waals surface area contributed by atoms with Crippen LogP contribution >= 0.6 is 0 Å². The van der Waals surface area contributed by atoms with Crippen LogP contribution in [0.25, 0.3) is 0 Å². The van der Waals surface area contributed by atoms with Crippen molar-refractivity contribution in [1.29, 1.82) is 0 Å². The minimum atomic E-state index is -0.112. The number of amides is 2. The summed E-state index contributed by atoms with van der Waals surface area (Å²) >= 11 is 0. The molecule has 5 rings (SSSR count). The fourth-order valence-corrected chi connectivity index (χ4v) is 6.53. The molecule has 156 valence electrons. The van der Waals surface area contributed by atoms with Gasteiger partial charge in [-0.1, -0.05) is 13.8 Å². The third kappa shape index (κ3) is 3.03. The van der Waals surface area contributed by atoms with E-state index < -0.39 is 0 Å². The van der Waals surface area contributed by atoms with Crippen molar-refractivity contribution in [3.63, 3.8) is 0 Å². The lowest BCUT2D eigenvalue weighted by atomic mass is 9.91. The maximum absolute atomic E-state index is 13.1. The molecular formula is C23H31N3O3. The Labute approximate surface area is 171 Å². The molecule has 0 spiro atoms. The Hall–Kier alpha value is -2.11. The average Bonchev–Trinajstić information content (AvgIpc) is 3.02. The van der Waals surface area contributed by atoms with E-state index in [1.807, 2.05) is 4.90 Å². The van der Waals surface area contributed by atoms with Crippen LogP contribution in [0.5, 0.6) is 0 Å². The van der Waals surface area contributed by atoms with E-state index in [1.54, 1.807) is 19.3 Å². The summed E-state index contributed by atoms with van der Waals surface area (Å²) < 4.78 is 1.45. The maximum atomic E-state index is 13.1. The van der Waals surface area contributed by atoms with Gasteiger partial charge in [0.25, 0.3) is 5.91 Å². The second-order valence-electron chi connectivity index (χ2n) is 10.3. The fourth-order valence-electron chi connectivity index (χ4n) is 6.53. The Kier molecular flexibility index (Phi) is 4.20.